The van der Waals surface area contributed by atoms with Crippen molar-refractivity contribution >= 4 is 0 Å². The Kier molecular flexibility index (Phi) is 5.38. The van der Waals surface area contributed by atoms with Crippen molar-refractivity contribution in [1.29, 1.82) is 0 Å². The number of nitrogens with two attached hydrogens (primary N) is 1. The van der Waals surface area contributed by atoms with Gasteiger partial charge in [-0.2, -0.15) is 0 Å². The van der Waals surface area contributed by atoms with Crippen molar-refractivity contribution in [3.8, 4) is 5.75 Å². The predicted molar refractivity (Wildman–Crippen MR) is 79.3 cm³/mol. The smallest absolute Gasteiger partial charge is 0.165 e. The predicted octanol–water partition coefficient (Wildman–Crippen LogP) is 2.96. The number of piperidine rings is 1. The molecule has 0 saturated carbocycles. The minimum Gasteiger partial charge on any atom is -0.494 e. The van der Waals surface area contributed by atoms with Crippen LogP contribution in [0.4, 0.5) is 4.39 Å². The monoisotopic (exact) mass is 280 g/mol. The second kappa shape index (κ2) is 7.04. The first-order valence-electron chi connectivity index (χ1n) is 7.43. The quantitative estimate of drug-likeness (QED) is 0.901. The van der Waals surface area contributed by atoms with E-state index in [1.54, 1.807) is 12.1 Å². The van der Waals surface area contributed by atoms with Gasteiger partial charge >= 0.3 is 0 Å². The van der Waals surface area contributed by atoms with Crippen LogP contribution in [0.25, 0.3) is 0 Å². The van der Waals surface area contributed by atoms with Crippen LogP contribution in [0, 0.1) is 11.7 Å². The van der Waals surface area contributed by atoms with Crippen LogP contribution < -0.4 is 10.5 Å². The van der Waals surface area contributed by atoms with Crippen LogP contribution in [-0.2, 0) is 0 Å². The van der Waals surface area contributed by atoms with Gasteiger partial charge in [-0.25, -0.2) is 4.39 Å². The largest absolute Gasteiger partial charge is 0.494 e. The molecule has 1 aliphatic heterocycles. The third-order valence-electron chi connectivity index (χ3n) is 4.43. The summed E-state index contributed by atoms with van der Waals surface area (Å²) in [5.41, 5.74) is 6.64. The molecule has 2 rings (SSSR count). The molecule has 0 spiro atoms. The van der Waals surface area contributed by atoms with E-state index in [1.807, 2.05) is 6.07 Å². The van der Waals surface area contributed by atoms with Crippen LogP contribution in [0.3, 0.4) is 0 Å². The van der Waals surface area contributed by atoms with E-state index in [0.29, 0.717) is 5.75 Å². The van der Waals surface area contributed by atoms with Gasteiger partial charge in [-0.3, -0.25) is 4.90 Å². The van der Waals surface area contributed by atoms with Gasteiger partial charge in [0, 0.05) is 6.04 Å². The zero-order chi connectivity index (χ0) is 14.5. The maximum Gasteiger partial charge on any atom is 0.165 e. The summed E-state index contributed by atoms with van der Waals surface area (Å²) in [6, 6.07) is 5.50. The summed E-state index contributed by atoms with van der Waals surface area (Å²) in [6.45, 7) is 5.06. The van der Waals surface area contributed by atoms with Gasteiger partial charge in [0.25, 0.3) is 0 Å². The number of nitrogens with zero attached hydrogens (tertiary/aromatic N) is 1. The van der Waals surface area contributed by atoms with Crippen LogP contribution >= 0.6 is 0 Å². The number of halogens is 1. The van der Waals surface area contributed by atoms with Crippen molar-refractivity contribution in [3.63, 3.8) is 0 Å². The Labute approximate surface area is 120 Å². The highest BCUT2D eigenvalue weighted by molar-refractivity contribution is 5.30. The van der Waals surface area contributed by atoms with Gasteiger partial charge in [0.2, 0.25) is 0 Å². The molecular weight excluding hydrogens is 255 g/mol. The summed E-state index contributed by atoms with van der Waals surface area (Å²) in [4.78, 5) is 2.42. The van der Waals surface area contributed by atoms with Crippen molar-refractivity contribution in [1.82, 2.24) is 4.90 Å². The lowest BCUT2D eigenvalue weighted by Gasteiger charge is -2.36. The molecule has 0 aromatic heterocycles. The summed E-state index contributed by atoms with van der Waals surface area (Å²) in [6.07, 6.45) is 3.51. The zero-order valence-electron chi connectivity index (χ0n) is 12.4. The fourth-order valence-electron chi connectivity index (χ4n) is 3.02. The second-order valence-corrected chi connectivity index (χ2v) is 5.63. The van der Waals surface area contributed by atoms with E-state index in [1.165, 1.54) is 20.0 Å². The fourth-order valence-corrected chi connectivity index (χ4v) is 3.02. The average molecular weight is 280 g/mol. The molecule has 1 aliphatic rings. The minimum absolute atomic E-state index is 0.245. The molecule has 20 heavy (non-hydrogen) atoms. The highest BCUT2D eigenvalue weighted by atomic mass is 19.1. The molecule has 3 nitrogen and oxygen atoms in total. The minimum atomic E-state index is -0.283. The van der Waals surface area contributed by atoms with E-state index in [2.05, 4.69) is 11.8 Å². The Bertz CT molecular complexity index is 430. The molecule has 1 aromatic carbocycles. The van der Waals surface area contributed by atoms with Gasteiger partial charge in [-0.1, -0.05) is 6.07 Å². The SMILES string of the molecule is COc1ccc(C(C)N2CCC(CCN)CC2)cc1F. The number of benzene rings is 1. The van der Waals surface area contributed by atoms with Gasteiger partial charge in [0.15, 0.2) is 11.6 Å². The Hall–Kier alpha value is -1.13. The van der Waals surface area contributed by atoms with Crippen molar-refractivity contribution in [2.75, 3.05) is 26.7 Å². The lowest BCUT2D eigenvalue weighted by Crippen LogP contribution is -2.36. The molecule has 112 valence electrons. The Morgan fingerprint density at radius 1 is 1.40 bits per heavy atom. The maximum atomic E-state index is 13.8. The van der Waals surface area contributed by atoms with Crippen LogP contribution in [0.5, 0.6) is 5.75 Å². The van der Waals surface area contributed by atoms with Crippen molar-refractivity contribution < 1.29 is 9.13 Å². The average Bonchev–Trinajstić information content (AvgIpc) is 2.47. The molecule has 1 atom stereocenters. The third kappa shape index (κ3) is 3.49. The molecular formula is C16H25FN2O. The topological polar surface area (TPSA) is 38.5 Å². The molecule has 1 saturated heterocycles. The van der Waals surface area contributed by atoms with Gasteiger partial charge in [0.1, 0.15) is 0 Å². The molecule has 1 unspecified atom stereocenters. The van der Waals surface area contributed by atoms with Gasteiger partial charge in [-0.15, -0.1) is 0 Å². The van der Waals surface area contributed by atoms with E-state index in [-0.39, 0.29) is 11.9 Å². The third-order valence-corrected chi connectivity index (χ3v) is 4.43. The van der Waals surface area contributed by atoms with E-state index < -0.39 is 0 Å². The van der Waals surface area contributed by atoms with Crippen molar-refractivity contribution in [2.24, 2.45) is 11.7 Å². The number of likely N-dealkylation sites (tertiary alicyclic amines) is 1. The second-order valence-electron chi connectivity index (χ2n) is 5.63. The Balaban J connectivity index is 1.98. The number of hydrogen-bond donors (Lipinski definition) is 1. The molecule has 0 radical (unpaired) electrons. The summed E-state index contributed by atoms with van der Waals surface area (Å²) in [7, 11) is 1.49. The molecule has 2 N–H and O–H groups in total. The molecule has 0 bridgehead atoms. The molecule has 1 aromatic rings. The van der Waals surface area contributed by atoms with E-state index in [4.69, 9.17) is 10.5 Å². The number of methoxy groups -OCH3 is 1. The summed E-state index contributed by atoms with van der Waals surface area (Å²) in [5.74, 6) is 0.786. The highest BCUT2D eigenvalue weighted by Gasteiger charge is 2.23. The summed E-state index contributed by atoms with van der Waals surface area (Å²) >= 11 is 0. The molecule has 4 heteroatoms. The van der Waals surface area contributed by atoms with Crippen LogP contribution in [0.2, 0.25) is 0 Å². The Morgan fingerprint density at radius 3 is 2.65 bits per heavy atom. The van der Waals surface area contributed by atoms with E-state index in [0.717, 1.165) is 37.5 Å². The molecule has 0 amide bonds. The normalized spacial score (nSPS) is 19.0. The van der Waals surface area contributed by atoms with Crippen LogP contribution in [-0.4, -0.2) is 31.6 Å². The fraction of sp³-hybridized carbons (Fsp3) is 0.625. The number of rotatable bonds is 5. The Morgan fingerprint density at radius 2 is 2.10 bits per heavy atom. The van der Waals surface area contributed by atoms with E-state index in [9.17, 15) is 4.39 Å². The first-order valence-corrected chi connectivity index (χ1v) is 7.43. The number of hydrogen-bond acceptors (Lipinski definition) is 3. The standard InChI is InChI=1S/C16H25FN2O/c1-12(14-3-4-16(20-2)15(17)11-14)19-9-6-13(5-8-18)7-10-19/h3-4,11-13H,5-10,18H2,1-2H3. The van der Waals surface area contributed by atoms with Gasteiger partial charge in [-0.05, 0) is 69.4 Å². The van der Waals surface area contributed by atoms with Gasteiger partial charge in [0.05, 0.1) is 7.11 Å². The maximum absolute atomic E-state index is 13.8. The first kappa shape index (κ1) is 15.3. The van der Waals surface area contributed by atoms with Crippen LogP contribution in [0.1, 0.15) is 37.8 Å². The highest BCUT2D eigenvalue weighted by Crippen LogP contribution is 2.29. The van der Waals surface area contributed by atoms with Crippen LogP contribution in [0.15, 0.2) is 18.2 Å². The van der Waals surface area contributed by atoms with Gasteiger partial charge < -0.3 is 10.5 Å². The van der Waals surface area contributed by atoms with E-state index >= 15 is 0 Å². The van der Waals surface area contributed by atoms with Crippen molar-refractivity contribution in [3.05, 3.63) is 29.6 Å². The lowest BCUT2D eigenvalue weighted by molar-refractivity contribution is 0.138. The zero-order valence-corrected chi connectivity index (χ0v) is 12.4. The molecule has 1 fully saturated rings. The molecule has 0 aliphatic carbocycles. The summed E-state index contributed by atoms with van der Waals surface area (Å²) < 4.78 is 18.7. The van der Waals surface area contributed by atoms with Crippen molar-refractivity contribution in [2.45, 2.75) is 32.2 Å². The molecule has 1 heterocycles. The first-order chi connectivity index (χ1) is 9.65. The number of ether oxygens (including phenoxy) is 1. The summed E-state index contributed by atoms with van der Waals surface area (Å²) in [5, 5.41) is 0. The lowest BCUT2D eigenvalue weighted by atomic mass is 9.92.